The minimum absolute atomic E-state index is 0.0265. The molecule has 0 saturated carbocycles. The summed E-state index contributed by atoms with van der Waals surface area (Å²) in [5.41, 5.74) is 2.27. The number of rotatable bonds is 8. The fourth-order valence-corrected chi connectivity index (χ4v) is 3.76. The molecule has 176 valence electrons. The van der Waals surface area contributed by atoms with E-state index >= 15 is 0 Å². The summed E-state index contributed by atoms with van der Waals surface area (Å²) < 4.78 is 17.3. The van der Waals surface area contributed by atoms with E-state index in [1.54, 1.807) is 29.2 Å². The number of halogens is 2. The summed E-state index contributed by atoms with van der Waals surface area (Å²) in [5.74, 6) is -0.295. The zero-order valence-corrected chi connectivity index (χ0v) is 18.9. The van der Waals surface area contributed by atoms with Crippen LogP contribution in [0.3, 0.4) is 0 Å². The average molecular weight is 485 g/mol. The first-order chi connectivity index (χ1) is 16.4. The Morgan fingerprint density at radius 2 is 2.03 bits per heavy atom. The van der Waals surface area contributed by atoms with Crippen LogP contribution in [0.4, 0.5) is 16.0 Å². The predicted molar refractivity (Wildman–Crippen MR) is 126 cm³/mol. The Kier molecular flexibility index (Phi) is 7.01. The number of anilines is 2. The van der Waals surface area contributed by atoms with E-state index in [0.717, 1.165) is 11.8 Å². The Hall–Kier alpha value is -3.60. The molecule has 0 fully saturated rings. The Bertz CT molecular complexity index is 1370. The van der Waals surface area contributed by atoms with E-state index in [2.05, 4.69) is 20.4 Å². The third-order valence-electron chi connectivity index (χ3n) is 5.39. The van der Waals surface area contributed by atoms with E-state index in [9.17, 15) is 14.3 Å². The van der Waals surface area contributed by atoms with Crippen LogP contribution in [-0.4, -0.2) is 47.7 Å². The Morgan fingerprint density at radius 3 is 2.74 bits per heavy atom. The average Bonchev–Trinajstić information content (AvgIpc) is 3.16. The quantitative estimate of drug-likeness (QED) is 0.352. The second kappa shape index (κ2) is 10.1. The molecule has 1 aromatic carbocycles. The molecule has 4 rings (SSSR count). The zero-order chi connectivity index (χ0) is 24.2. The molecule has 4 aromatic rings. The number of aliphatic hydroxyl groups is 2. The van der Waals surface area contributed by atoms with Gasteiger partial charge >= 0.3 is 0 Å². The van der Waals surface area contributed by atoms with Gasteiger partial charge in [-0.25, -0.2) is 14.4 Å². The molecule has 1 atom stereocenters. The normalized spacial score (nSPS) is 12.0. The van der Waals surface area contributed by atoms with Crippen molar-refractivity contribution in [2.45, 2.75) is 19.5 Å². The lowest BCUT2D eigenvalue weighted by Gasteiger charge is -2.19. The van der Waals surface area contributed by atoms with Gasteiger partial charge in [0.05, 0.1) is 49.1 Å². The van der Waals surface area contributed by atoms with Crippen LogP contribution in [0.2, 0.25) is 5.02 Å². The first-order valence-electron chi connectivity index (χ1n) is 10.4. The van der Waals surface area contributed by atoms with Crippen LogP contribution in [-0.2, 0) is 6.54 Å². The first kappa shape index (κ1) is 23.6. The van der Waals surface area contributed by atoms with E-state index < -0.39 is 24.0 Å². The van der Waals surface area contributed by atoms with Gasteiger partial charge in [-0.2, -0.15) is 5.10 Å². The van der Waals surface area contributed by atoms with Gasteiger partial charge in [0.15, 0.2) is 0 Å². The topological polar surface area (TPSA) is 118 Å². The molecule has 34 heavy (non-hydrogen) atoms. The highest BCUT2D eigenvalue weighted by Crippen LogP contribution is 2.24. The number of aromatic nitrogens is 5. The zero-order valence-electron chi connectivity index (χ0n) is 18.2. The number of pyridine rings is 1. The number of nitrogens with one attached hydrogen (secondary N) is 1. The molecule has 0 aliphatic heterocycles. The Labute approximate surface area is 199 Å². The van der Waals surface area contributed by atoms with Crippen molar-refractivity contribution in [3.05, 3.63) is 87.4 Å². The monoisotopic (exact) mass is 484 g/mol. The summed E-state index contributed by atoms with van der Waals surface area (Å²) >= 11 is 5.82. The number of hydrogen-bond donors (Lipinski definition) is 3. The third kappa shape index (κ3) is 4.84. The molecule has 9 nitrogen and oxygen atoms in total. The number of nitrogens with zero attached hydrogens (tertiary/aromatic N) is 5. The van der Waals surface area contributed by atoms with Crippen LogP contribution in [0.15, 0.2) is 59.8 Å². The summed E-state index contributed by atoms with van der Waals surface area (Å²) in [6.07, 6.45) is 4.67. The standard InChI is InChI=1S/C23H22ClFN6O3/c1-14-20(12-27-31(14)8-9-32)29-23-26-6-4-19(28-23)15-5-7-30(22(34)10-15)21(13-33)17-3-2-16(24)11-18(17)25/h2-7,10-12,21,32-33H,8-9,13H2,1H3,(H,26,28,29). The summed E-state index contributed by atoms with van der Waals surface area (Å²) in [6, 6.07) is 7.89. The molecule has 0 saturated heterocycles. The van der Waals surface area contributed by atoms with E-state index in [-0.39, 0.29) is 17.2 Å². The second-order valence-corrected chi connectivity index (χ2v) is 7.94. The van der Waals surface area contributed by atoms with E-state index in [1.165, 1.54) is 29.0 Å². The fourth-order valence-electron chi connectivity index (χ4n) is 3.60. The van der Waals surface area contributed by atoms with Gasteiger partial charge in [-0.3, -0.25) is 9.48 Å². The Balaban J connectivity index is 1.61. The smallest absolute Gasteiger partial charge is 0.251 e. The highest BCUT2D eigenvalue weighted by Gasteiger charge is 2.19. The number of benzene rings is 1. The molecule has 3 N–H and O–H groups in total. The summed E-state index contributed by atoms with van der Waals surface area (Å²) in [4.78, 5) is 21.6. The van der Waals surface area contributed by atoms with Gasteiger partial charge in [-0.05, 0) is 31.2 Å². The van der Waals surface area contributed by atoms with Gasteiger partial charge in [0.1, 0.15) is 5.82 Å². The maximum atomic E-state index is 14.4. The van der Waals surface area contributed by atoms with Crippen molar-refractivity contribution in [1.82, 2.24) is 24.3 Å². The van der Waals surface area contributed by atoms with Gasteiger partial charge in [-0.15, -0.1) is 0 Å². The van der Waals surface area contributed by atoms with Crippen molar-refractivity contribution in [2.75, 3.05) is 18.5 Å². The van der Waals surface area contributed by atoms with Crippen molar-refractivity contribution >= 4 is 23.2 Å². The highest BCUT2D eigenvalue weighted by atomic mass is 35.5. The lowest BCUT2D eigenvalue weighted by atomic mass is 10.1. The maximum absolute atomic E-state index is 14.4. The molecule has 0 aliphatic rings. The van der Waals surface area contributed by atoms with Crippen molar-refractivity contribution in [2.24, 2.45) is 0 Å². The first-order valence-corrected chi connectivity index (χ1v) is 10.8. The molecule has 0 aliphatic carbocycles. The Morgan fingerprint density at radius 1 is 1.21 bits per heavy atom. The highest BCUT2D eigenvalue weighted by molar-refractivity contribution is 6.30. The molecule has 3 aromatic heterocycles. The molecule has 11 heteroatoms. The lowest BCUT2D eigenvalue weighted by Crippen LogP contribution is -2.27. The van der Waals surface area contributed by atoms with Crippen LogP contribution in [0, 0.1) is 12.7 Å². The van der Waals surface area contributed by atoms with Crippen molar-refractivity contribution < 1.29 is 14.6 Å². The van der Waals surface area contributed by atoms with E-state index in [4.69, 9.17) is 16.7 Å². The van der Waals surface area contributed by atoms with Crippen LogP contribution >= 0.6 is 11.6 Å². The minimum atomic E-state index is -0.903. The molecule has 1 unspecified atom stereocenters. The van der Waals surface area contributed by atoms with Crippen molar-refractivity contribution in [1.29, 1.82) is 0 Å². The van der Waals surface area contributed by atoms with Gasteiger partial charge in [0.25, 0.3) is 5.56 Å². The molecule has 0 bridgehead atoms. The summed E-state index contributed by atoms with van der Waals surface area (Å²) in [6.45, 7) is 1.74. The van der Waals surface area contributed by atoms with Crippen LogP contribution in [0.1, 0.15) is 17.3 Å². The molecule has 0 radical (unpaired) electrons. The van der Waals surface area contributed by atoms with Crippen molar-refractivity contribution in [3.8, 4) is 11.3 Å². The van der Waals surface area contributed by atoms with Crippen LogP contribution < -0.4 is 10.9 Å². The third-order valence-corrected chi connectivity index (χ3v) is 5.63. The van der Waals surface area contributed by atoms with Gasteiger partial charge in [0, 0.05) is 34.6 Å². The number of aliphatic hydroxyl groups excluding tert-OH is 2. The molecular formula is C23H22ClFN6O3. The van der Waals surface area contributed by atoms with E-state index in [1.807, 2.05) is 6.92 Å². The second-order valence-electron chi connectivity index (χ2n) is 7.51. The fraction of sp³-hybridized carbons (Fsp3) is 0.217. The molecule has 0 spiro atoms. The maximum Gasteiger partial charge on any atom is 0.251 e. The largest absolute Gasteiger partial charge is 0.394 e. The van der Waals surface area contributed by atoms with E-state index in [0.29, 0.717) is 29.4 Å². The molecule has 0 amide bonds. The summed E-state index contributed by atoms with van der Waals surface area (Å²) in [7, 11) is 0. The SMILES string of the molecule is Cc1c(Nc2nccc(-c3ccn(C(CO)c4ccc(Cl)cc4F)c(=O)c3)n2)cnn1CCO. The minimum Gasteiger partial charge on any atom is -0.394 e. The number of hydrogen-bond acceptors (Lipinski definition) is 7. The molecule has 3 heterocycles. The summed E-state index contributed by atoms with van der Waals surface area (Å²) in [5, 5.41) is 26.5. The van der Waals surface area contributed by atoms with Gasteiger partial charge in [-0.1, -0.05) is 17.7 Å². The predicted octanol–water partition coefficient (Wildman–Crippen LogP) is 2.92. The van der Waals surface area contributed by atoms with Crippen LogP contribution in [0.5, 0.6) is 0 Å². The molecular weight excluding hydrogens is 463 g/mol. The van der Waals surface area contributed by atoms with Gasteiger partial charge < -0.3 is 20.1 Å². The van der Waals surface area contributed by atoms with Gasteiger partial charge in [0.2, 0.25) is 5.95 Å². The lowest BCUT2D eigenvalue weighted by molar-refractivity contribution is 0.244. The van der Waals surface area contributed by atoms with Crippen molar-refractivity contribution in [3.63, 3.8) is 0 Å². The van der Waals surface area contributed by atoms with Crippen LogP contribution in [0.25, 0.3) is 11.3 Å².